The molecule has 0 saturated heterocycles. The lowest BCUT2D eigenvalue weighted by atomic mass is 9.99. The smallest absolute Gasteiger partial charge is 0.340 e. The molecule has 0 unspecified atom stereocenters. The van der Waals surface area contributed by atoms with Crippen LogP contribution in [0.25, 0.3) is 11.1 Å². The van der Waals surface area contributed by atoms with E-state index in [-0.39, 0.29) is 17.9 Å². The van der Waals surface area contributed by atoms with Crippen molar-refractivity contribution in [3.8, 4) is 22.9 Å². The largest absolute Gasteiger partial charge is 0.496 e. The molecule has 0 spiro atoms. The minimum Gasteiger partial charge on any atom is -0.496 e. The van der Waals surface area contributed by atoms with Crippen LogP contribution in [0.1, 0.15) is 21.6 Å². The molecule has 0 amide bonds. The number of nitriles is 1. The molecule has 0 radical (unpaired) electrons. The van der Waals surface area contributed by atoms with Crippen LogP contribution in [0.5, 0.6) is 5.75 Å². The first-order valence-corrected chi connectivity index (χ1v) is 7.97. The fraction of sp³-hybridized carbons (Fsp3) is 0.0952. The van der Waals surface area contributed by atoms with Crippen LogP contribution in [0.2, 0.25) is 0 Å². The van der Waals surface area contributed by atoms with Crippen molar-refractivity contribution >= 4 is 5.97 Å². The van der Waals surface area contributed by atoms with E-state index < -0.39 is 5.97 Å². The normalized spacial score (nSPS) is 10.0. The topological polar surface area (TPSA) is 72.2 Å². The number of methoxy groups -OCH3 is 1. The van der Waals surface area contributed by atoms with Gasteiger partial charge in [-0.05, 0) is 17.7 Å². The number of hydrogen-bond acceptors (Lipinski definition) is 5. The Bertz CT molecular complexity index is 962. The summed E-state index contributed by atoms with van der Waals surface area (Å²) in [6, 6.07) is 20.3. The molecule has 1 heterocycles. The van der Waals surface area contributed by atoms with Crippen molar-refractivity contribution in [2.45, 2.75) is 6.61 Å². The van der Waals surface area contributed by atoms with Gasteiger partial charge in [-0.15, -0.1) is 0 Å². The summed E-state index contributed by atoms with van der Waals surface area (Å²) in [6.07, 6.45) is 1.37. The van der Waals surface area contributed by atoms with Gasteiger partial charge in [-0.1, -0.05) is 48.5 Å². The summed E-state index contributed by atoms with van der Waals surface area (Å²) >= 11 is 0. The van der Waals surface area contributed by atoms with Crippen LogP contribution in [0.15, 0.2) is 66.9 Å². The maximum atomic E-state index is 12.6. The van der Waals surface area contributed by atoms with E-state index in [1.165, 1.54) is 6.20 Å². The minimum atomic E-state index is -0.508. The standard InChI is InChI=1S/C21H16N2O3/c1-25-20-10-6-5-9-17(20)18-11-16(12-22)23-13-19(18)21(24)26-14-15-7-3-2-4-8-15/h2-11,13H,14H2,1H3. The van der Waals surface area contributed by atoms with Crippen LogP contribution in [-0.2, 0) is 11.3 Å². The lowest BCUT2D eigenvalue weighted by Crippen LogP contribution is -2.08. The number of benzene rings is 2. The summed E-state index contributed by atoms with van der Waals surface area (Å²) in [5, 5.41) is 9.16. The van der Waals surface area contributed by atoms with Gasteiger partial charge in [0.05, 0.1) is 12.7 Å². The van der Waals surface area contributed by atoms with E-state index in [0.717, 1.165) is 5.56 Å². The summed E-state index contributed by atoms with van der Waals surface area (Å²) in [5.74, 6) is 0.0893. The Labute approximate surface area is 151 Å². The van der Waals surface area contributed by atoms with E-state index in [1.807, 2.05) is 54.6 Å². The van der Waals surface area contributed by atoms with Gasteiger partial charge >= 0.3 is 5.97 Å². The van der Waals surface area contributed by atoms with Crippen molar-refractivity contribution in [1.82, 2.24) is 4.98 Å². The second-order valence-corrected chi connectivity index (χ2v) is 5.49. The molecule has 0 N–H and O–H groups in total. The zero-order chi connectivity index (χ0) is 18.4. The molecule has 0 aliphatic rings. The third kappa shape index (κ3) is 3.70. The molecule has 5 heteroatoms. The predicted molar refractivity (Wildman–Crippen MR) is 96.5 cm³/mol. The predicted octanol–water partition coefficient (Wildman–Crippen LogP) is 3.99. The third-order valence-corrected chi connectivity index (χ3v) is 3.85. The van der Waals surface area contributed by atoms with Crippen molar-refractivity contribution in [2.24, 2.45) is 0 Å². The van der Waals surface area contributed by atoms with Gasteiger partial charge < -0.3 is 9.47 Å². The van der Waals surface area contributed by atoms with Crippen molar-refractivity contribution in [3.05, 3.63) is 83.7 Å². The number of pyridine rings is 1. The fourth-order valence-corrected chi connectivity index (χ4v) is 2.57. The molecule has 0 aliphatic carbocycles. The van der Waals surface area contributed by atoms with E-state index in [9.17, 15) is 4.79 Å². The van der Waals surface area contributed by atoms with E-state index in [0.29, 0.717) is 16.9 Å². The number of carbonyl (C=O) groups excluding carboxylic acids is 1. The van der Waals surface area contributed by atoms with Crippen LogP contribution < -0.4 is 4.74 Å². The second kappa shape index (κ2) is 7.95. The molecule has 0 fully saturated rings. The molecule has 128 valence electrons. The number of carbonyl (C=O) groups is 1. The minimum absolute atomic E-state index is 0.158. The average Bonchev–Trinajstić information content (AvgIpc) is 2.72. The van der Waals surface area contributed by atoms with Gasteiger partial charge in [-0.25, -0.2) is 9.78 Å². The monoisotopic (exact) mass is 344 g/mol. The Kier molecular flexibility index (Phi) is 5.25. The highest BCUT2D eigenvalue weighted by Crippen LogP contribution is 2.32. The molecule has 0 bridgehead atoms. The molecule has 26 heavy (non-hydrogen) atoms. The van der Waals surface area contributed by atoms with E-state index in [4.69, 9.17) is 14.7 Å². The van der Waals surface area contributed by atoms with E-state index in [2.05, 4.69) is 4.98 Å². The van der Waals surface area contributed by atoms with Crippen molar-refractivity contribution < 1.29 is 14.3 Å². The highest BCUT2D eigenvalue weighted by atomic mass is 16.5. The molecule has 2 aromatic carbocycles. The van der Waals surface area contributed by atoms with Gasteiger partial charge in [0.1, 0.15) is 24.1 Å². The number of nitrogens with zero attached hydrogens (tertiary/aromatic N) is 2. The molecule has 0 saturated carbocycles. The average molecular weight is 344 g/mol. The second-order valence-electron chi connectivity index (χ2n) is 5.49. The number of para-hydroxylation sites is 1. The fourth-order valence-electron chi connectivity index (χ4n) is 2.57. The summed E-state index contributed by atoms with van der Waals surface area (Å²) in [5.41, 5.74) is 2.63. The SMILES string of the molecule is COc1ccccc1-c1cc(C#N)ncc1C(=O)OCc1ccccc1. The van der Waals surface area contributed by atoms with Gasteiger partial charge in [-0.3, -0.25) is 0 Å². The first-order valence-electron chi connectivity index (χ1n) is 7.97. The Balaban J connectivity index is 1.96. The number of hydrogen-bond donors (Lipinski definition) is 0. The molecule has 0 aliphatic heterocycles. The summed E-state index contributed by atoms with van der Waals surface area (Å²) in [7, 11) is 1.55. The van der Waals surface area contributed by atoms with Gasteiger partial charge in [0.25, 0.3) is 0 Å². The molecular weight excluding hydrogens is 328 g/mol. The summed E-state index contributed by atoms with van der Waals surface area (Å²) in [6.45, 7) is 0.158. The van der Waals surface area contributed by atoms with Gasteiger partial charge in [0, 0.05) is 17.3 Å². The summed E-state index contributed by atoms with van der Waals surface area (Å²) in [4.78, 5) is 16.6. The Hall–Kier alpha value is -3.65. The molecule has 3 aromatic rings. The first-order chi connectivity index (χ1) is 12.7. The van der Waals surface area contributed by atoms with E-state index >= 15 is 0 Å². The Morgan fingerprint density at radius 2 is 1.81 bits per heavy atom. The third-order valence-electron chi connectivity index (χ3n) is 3.85. The van der Waals surface area contributed by atoms with Crippen LogP contribution in [0.3, 0.4) is 0 Å². The van der Waals surface area contributed by atoms with Gasteiger partial charge in [0.2, 0.25) is 0 Å². The number of esters is 1. The molecule has 3 rings (SSSR count). The lowest BCUT2D eigenvalue weighted by molar-refractivity contribution is 0.0473. The highest BCUT2D eigenvalue weighted by Gasteiger charge is 2.18. The highest BCUT2D eigenvalue weighted by molar-refractivity contribution is 5.98. The Morgan fingerprint density at radius 3 is 2.54 bits per heavy atom. The number of rotatable bonds is 5. The van der Waals surface area contributed by atoms with Crippen molar-refractivity contribution in [3.63, 3.8) is 0 Å². The van der Waals surface area contributed by atoms with Crippen LogP contribution in [0, 0.1) is 11.3 Å². The summed E-state index contributed by atoms with van der Waals surface area (Å²) < 4.78 is 10.8. The maximum absolute atomic E-state index is 12.6. The molecular formula is C21H16N2O3. The van der Waals surface area contributed by atoms with Gasteiger partial charge in [-0.2, -0.15) is 5.26 Å². The Morgan fingerprint density at radius 1 is 1.08 bits per heavy atom. The lowest BCUT2D eigenvalue weighted by Gasteiger charge is -2.13. The van der Waals surface area contributed by atoms with Crippen LogP contribution >= 0.6 is 0 Å². The zero-order valence-electron chi connectivity index (χ0n) is 14.2. The van der Waals surface area contributed by atoms with Gasteiger partial charge in [0.15, 0.2) is 0 Å². The maximum Gasteiger partial charge on any atom is 0.340 e. The first kappa shape index (κ1) is 17.2. The molecule has 5 nitrogen and oxygen atoms in total. The zero-order valence-corrected chi connectivity index (χ0v) is 14.2. The molecule has 1 aromatic heterocycles. The van der Waals surface area contributed by atoms with Crippen molar-refractivity contribution in [1.29, 1.82) is 5.26 Å². The number of ether oxygens (including phenoxy) is 2. The van der Waals surface area contributed by atoms with Crippen molar-refractivity contribution in [2.75, 3.05) is 7.11 Å². The van der Waals surface area contributed by atoms with Crippen LogP contribution in [-0.4, -0.2) is 18.1 Å². The number of aromatic nitrogens is 1. The molecule has 0 atom stereocenters. The van der Waals surface area contributed by atoms with Crippen LogP contribution in [0.4, 0.5) is 0 Å². The quantitative estimate of drug-likeness (QED) is 0.655. The van der Waals surface area contributed by atoms with E-state index in [1.54, 1.807) is 19.2 Å².